The van der Waals surface area contributed by atoms with Gasteiger partial charge in [0.1, 0.15) is 0 Å². The molecule has 0 bridgehead atoms. The smallest absolute Gasteiger partial charge is 0.187 e. The molecule has 0 radical (unpaired) electrons. The Kier molecular flexibility index (Phi) is 4.90. The van der Waals surface area contributed by atoms with Crippen LogP contribution in [0.1, 0.15) is 20.3 Å². The Labute approximate surface area is 89.5 Å². The van der Waals surface area contributed by atoms with Crippen LogP contribution < -0.4 is 5.73 Å². The van der Waals surface area contributed by atoms with Crippen molar-refractivity contribution in [2.24, 2.45) is 11.7 Å². The highest BCUT2D eigenvalue weighted by atomic mass is 32.2. The van der Waals surface area contributed by atoms with Crippen LogP contribution in [0.2, 0.25) is 0 Å². The Morgan fingerprint density at radius 1 is 1.43 bits per heavy atom. The lowest BCUT2D eigenvalue weighted by molar-refractivity contribution is 0.475. The zero-order valence-corrected chi connectivity index (χ0v) is 9.50. The molecule has 1 rings (SSSR count). The van der Waals surface area contributed by atoms with E-state index in [0.29, 0.717) is 5.92 Å². The zero-order valence-electron chi connectivity index (χ0n) is 8.68. The minimum Gasteiger partial charge on any atom is -0.327 e. The van der Waals surface area contributed by atoms with E-state index < -0.39 is 0 Å². The van der Waals surface area contributed by atoms with Crippen molar-refractivity contribution < 1.29 is 0 Å². The van der Waals surface area contributed by atoms with Crippen LogP contribution in [-0.2, 0) is 0 Å². The maximum Gasteiger partial charge on any atom is 0.187 e. The van der Waals surface area contributed by atoms with Crippen LogP contribution in [-0.4, -0.2) is 21.8 Å². The molecule has 3 nitrogen and oxygen atoms in total. The molecule has 14 heavy (non-hydrogen) atoms. The molecule has 0 spiro atoms. The second kappa shape index (κ2) is 5.98. The van der Waals surface area contributed by atoms with Crippen LogP contribution in [0.15, 0.2) is 23.6 Å². The first kappa shape index (κ1) is 11.5. The van der Waals surface area contributed by atoms with Gasteiger partial charge in [-0.15, -0.1) is 0 Å². The van der Waals surface area contributed by atoms with E-state index in [4.69, 9.17) is 5.73 Å². The first-order valence-electron chi connectivity index (χ1n) is 4.89. The Morgan fingerprint density at radius 3 is 2.64 bits per heavy atom. The third-order valence-corrected chi connectivity index (χ3v) is 3.34. The van der Waals surface area contributed by atoms with Gasteiger partial charge >= 0.3 is 0 Å². The number of aromatic nitrogens is 2. The Bertz CT molecular complexity index is 253. The molecule has 0 fully saturated rings. The molecule has 0 amide bonds. The van der Waals surface area contributed by atoms with Gasteiger partial charge in [0.15, 0.2) is 5.16 Å². The van der Waals surface area contributed by atoms with Crippen molar-refractivity contribution in [3.63, 3.8) is 0 Å². The Morgan fingerprint density at radius 2 is 2.07 bits per heavy atom. The highest BCUT2D eigenvalue weighted by Gasteiger charge is 2.11. The van der Waals surface area contributed by atoms with Crippen molar-refractivity contribution in [1.29, 1.82) is 0 Å². The third kappa shape index (κ3) is 3.64. The Balaban J connectivity index is 2.34. The molecule has 0 aromatic carbocycles. The van der Waals surface area contributed by atoms with Crippen molar-refractivity contribution in [2.45, 2.75) is 31.5 Å². The zero-order chi connectivity index (χ0) is 10.4. The maximum absolute atomic E-state index is 6.00. The summed E-state index contributed by atoms with van der Waals surface area (Å²) in [5.74, 6) is 1.45. The van der Waals surface area contributed by atoms with Crippen LogP contribution in [0.3, 0.4) is 0 Å². The molecule has 1 heterocycles. The van der Waals surface area contributed by atoms with Gasteiger partial charge in [-0.1, -0.05) is 32.0 Å². The largest absolute Gasteiger partial charge is 0.327 e. The number of hydrogen-bond acceptors (Lipinski definition) is 4. The highest BCUT2D eigenvalue weighted by molar-refractivity contribution is 7.99. The van der Waals surface area contributed by atoms with Gasteiger partial charge in [0, 0.05) is 24.2 Å². The summed E-state index contributed by atoms with van der Waals surface area (Å²) < 4.78 is 0. The molecule has 78 valence electrons. The SMILES string of the molecule is CC[C@H](C)[C@@H](N)CSc1ncccn1. The van der Waals surface area contributed by atoms with E-state index in [9.17, 15) is 0 Å². The van der Waals surface area contributed by atoms with Gasteiger partial charge in [0.25, 0.3) is 0 Å². The van der Waals surface area contributed by atoms with E-state index in [2.05, 4.69) is 23.8 Å². The molecule has 2 N–H and O–H groups in total. The number of nitrogens with two attached hydrogens (primary N) is 1. The number of hydrogen-bond donors (Lipinski definition) is 1. The van der Waals surface area contributed by atoms with Crippen molar-refractivity contribution >= 4 is 11.8 Å². The minimum absolute atomic E-state index is 0.230. The molecule has 1 aromatic rings. The quantitative estimate of drug-likeness (QED) is 0.597. The van der Waals surface area contributed by atoms with Gasteiger partial charge in [-0.25, -0.2) is 9.97 Å². The standard InChI is InChI=1S/C10H17N3S/c1-3-8(2)9(11)7-14-10-12-5-4-6-13-10/h4-6,8-9H,3,7,11H2,1-2H3/t8-,9-/m0/s1. The average molecular weight is 211 g/mol. The van der Waals surface area contributed by atoms with E-state index >= 15 is 0 Å². The lowest BCUT2D eigenvalue weighted by Gasteiger charge is -2.16. The van der Waals surface area contributed by atoms with E-state index in [0.717, 1.165) is 17.3 Å². The highest BCUT2D eigenvalue weighted by Crippen LogP contribution is 2.16. The van der Waals surface area contributed by atoms with Crippen LogP contribution >= 0.6 is 11.8 Å². The van der Waals surface area contributed by atoms with E-state index in [1.807, 2.05) is 6.07 Å². The number of nitrogens with zero attached hydrogens (tertiary/aromatic N) is 2. The molecule has 4 heteroatoms. The van der Waals surface area contributed by atoms with Crippen LogP contribution in [0.5, 0.6) is 0 Å². The number of thioether (sulfide) groups is 1. The second-order valence-electron chi connectivity index (χ2n) is 3.39. The van der Waals surface area contributed by atoms with E-state index in [1.165, 1.54) is 0 Å². The summed E-state index contributed by atoms with van der Waals surface area (Å²) in [4.78, 5) is 8.26. The van der Waals surface area contributed by atoms with E-state index in [1.54, 1.807) is 24.2 Å². The predicted octanol–water partition coefficient (Wildman–Crippen LogP) is 1.94. The van der Waals surface area contributed by atoms with Crippen molar-refractivity contribution in [1.82, 2.24) is 9.97 Å². The lowest BCUT2D eigenvalue weighted by Crippen LogP contribution is -2.30. The summed E-state index contributed by atoms with van der Waals surface area (Å²) in [5, 5.41) is 0.811. The van der Waals surface area contributed by atoms with Gasteiger partial charge in [-0.05, 0) is 12.0 Å². The molecule has 0 saturated heterocycles. The number of rotatable bonds is 5. The molecule has 0 aliphatic carbocycles. The summed E-state index contributed by atoms with van der Waals surface area (Å²) in [7, 11) is 0. The van der Waals surface area contributed by atoms with Crippen LogP contribution in [0, 0.1) is 5.92 Å². The van der Waals surface area contributed by atoms with Gasteiger partial charge in [-0.3, -0.25) is 0 Å². The Hall–Kier alpha value is -0.610. The molecular formula is C10H17N3S. The van der Waals surface area contributed by atoms with Gasteiger partial charge in [0.2, 0.25) is 0 Å². The third-order valence-electron chi connectivity index (χ3n) is 2.32. The lowest BCUT2D eigenvalue weighted by atomic mass is 10.0. The molecular weight excluding hydrogens is 194 g/mol. The molecule has 0 unspecified atom stereocenters. The molecule has 2 atom stereocenters. The fourth-order valence-corrected chi connectivity index (χ4v) is 1.94. The van der Waals surface area contributed by atoms with E-state index in [-0.39, 0.29) is 6.04 Å². The monoisotopic (exact) mass is 211 g/mol. The first-order chi connectivity index (χ1) is 6.74. The van der Waals surface area contributed by atoms with Gasteiger partial charge < -0.3 is 5.73 Å². The minimum atomic E-state index is 0.230. The summed E-state index contributed by atoms with van der Waals surface area (Å²) in [6, 6.07) is 2.05. The average Bonchev–Trinajstić information content (AvgIpc) is 2.26. The summed E-state index contributed by atoms with van der Waals surface area (Å²) >= 11 is 1.62. The van der Waals surface area contributed by atoms with Crippen molar-refractivity contribution in [2.75, 3.05) is 5.75 Å². The summed E-state index contributed by atoms with van der Waals surface area (Å²) in [6.07, 6.45) is 4.63. The van der Waals surface area contributed by atoms with Gasteiger partial charge in [0.05, 0.1) is 0 Å². The second-order valence-corrected chi connectivity index (χ2v) is 4.38. The molecule has 0 aliphatic heterocycles. The first-order valence-corrected chi connectivity index (χ1v) is 5.88. The summed E-state index contributed by atoms with van der Waals surface area (Å²) in [6.45, 7) is 4.34. The van der Waals surface area contributed by atoms with Gasteiger partial charge in [-0.2, -0.15) is 0 Å². The van der Waals surface area contributed by atoms with Crippen LogP contribution in [0.4, 0.5) is 0 Å². The summed E-state index contributed by atoms with van der Waals surface area (Å²) in [5.41, 5.74) is 6.00. The molecule has 0 saturated carbocycles. The van der Waals surface area contributed by atoms with Crippen LogP contribution in [0.25, 0.3) is 0 Å². The predicted molar refractivity (Wildman–Crippen MR) is 60.2 cm³/mol. The van der Waals surface area contributed by atoms with Crippen molar-refractivity contribution in [3.05, 3.63) is 18.5 Å². The molecule has 0 aliphatic rings. The molecule has 1 aromatic heterocycles. The normalized spacial score (nSPS) is 15.1. The fourth-order valence-electron chi connectivity index (χ4n) is 0.998. The maximum atomic E-state index is 6.00. The topological polar surface area (TPSA) is 51.8 Å². The van der Waals surface area contributed by atoms with Crippen molar-refractivity contribution in [3.8, 4) is 0 Å². The fraction of sp³-hybridized carbons (Fsp3) is 0.600.